The second-order valence-electron chi connectivity index (χ2n) is 4.12. The molecule has 2 rings (SSSR count). The normalized spacial score (nSPS) is 12.1. The van der Waals surface area contributed by atoms with Crippen molar-refractivity contribution < 1.29 is 23.1 Å². The topological polar surface area (TPSA) is 66.0 Å². The third-order valence-corrected chi connectivity index (χ3v) is 4.01. The molecule has 0 fully saturated rings. The van der Waals surface area contributed by atoms with Crippen LogP contribution < -0.4 is 0 Å². The molecule has 1 aromatic heterocycles. The summed E-state index contributed by atoms with van der Waals surface area (Å²) >= 11 is 17.8. The Labute approximate surface area is 130 Å². The lowest BCUT2D eigenvalue weighted by Crippen LogP contribution is -2.06. The van der Waals surface area contributed by atoms with Gasteiger partial charge in [0.25, 0.3) is 0 Å². The van der Waals surface area contributed by atoms with E-state index in [0.717, 1.165) is 0 Å². The van der Waals surface area contributed by atoms with Crippen LogP contribution in [-0.2, 0) is 17.4 Å². The number of rotatable bonds is 3. The summed E-state index contributed by atoms with van der Waals surface area (Å²) in [7, 11) is 0. The number of aromatic nitrogens is 2. The fourth-order valence-electron chi connectivity index (χ4n) is 1.76. The van der Waals surface area contributed by atoms with Crippen molar-refractivity contribution in [1.82, 2.24) is 9.97 Å². The molecule has 1 heterocycles. The highest BCUT2D eigenvalue weighted by molar-refractivity contribution is 6.48. The lowest BCUT2D eigenvalue weighted by molar-refractivity contribution is -0.144. The number of H-pyrrole nitrogens is 1. The van der Waals surface area contributed by atoms with Crippen molar-refractivity contribution in [1.29, 1.82) is 0 Å². The van der Waals surface area contributed by atoms with E-state index in [2.05, 4.69) is 4.98 Å². The van der Waals surface area contributed by atoms with Crippen LogP contribution in [0.1, 0.15) is 17.8 Å². The minimum absolute atomic E-state index is 0.0664. The lowest BCUT2D eigenvalue weighted by atomic mass is 10.1. The van der Waals surface area contributed by atoms with Crippen LogP contribution >= 0.6 is 34.8 Å². The van der Waals surface area contributed by atoms with Crippen LogP contribution in [0.2, 0.25) is 15.1 Å². The van der Waals surface area contributed by atoms with E-state index in [1.54, 1.807) is 0 Å². The van der Waals surface area contributed by atoms with E-state index < -0.39 is 18.0 Å². The van der Waals surface area contributed by atoms with Gasteiger partial charge in [0.15, 0.2) is 0 Å². The van der Waals surface area contributed by atoms with E-state index in [0.29, 0.717) is 0 Å². The van der Waals surface area contributed by atoms with Gasteiger partial charge in [-0.15, -0.1) is 0 Å². The summed E-state index contributed by atoms with van der Waals surface area (Å²) in [6.07, 6.45) is -5.05. The van der Waals surface area contributed by atoms with Crippen LogP contribution in [0, 0.1) is 0 Å². The van der Waals surface area contributed by atoms with Crippen molar-refractivity contribution in [2.75, 3.05) is 0 Å². The Morgan fingerprint density at radius 3 is 2.33 bits per heavy atom. The summed E-state index contributed by atoms with van der Waals surface area (Å²) in [6.45, 7) is 0. The Balaban J connectivity index is 2.65. The zero-order chi connectivity index (χ0) is 15.9. The van der Waals surface area contributed by atoms with Gasteiger partial charge < -0.3 is 10.1 Å². The molecule has 2 N–H and O–H groups in total. The van der Waals surface area contributed by atoms with Crippen LogP contribution in [0.3, 0.4) is 0 Å². The molecule has 0 bridgehead atoms. The van der Waals surface area contributed by atoms with Gasteiger partial charge in [-0.2, -0.15) is 13.2 Å². The Bertz CT molecular complexity index is 728. The zero-order valence-corrected chi connectivity index (χ0v) is 12.3. The number of carboxylic acid groups (broad SMARTS) is 1. The van der Waals surface area contributed by atoms with Gasteiger partial charge in [-0.05, 0) is 12.0 Å². The number of halogens is 6. The number of carbonyl (C=O) groups is 1. The number of aliphatic carboxylic acids is 1. The number of fused-ring (bicyclic) bond motifs is 1. The molecule has 0 amide bonds. The minimum atomic E-state index is -4.70. The molecule has 114 valence electrons. The van der Waals surface area contributed by atoms with E-state index in [4.69, 9.17) is 39.9 Å². The van der Waals surface area contributed by atoms with Crippen molar-refractivity contribution in [2.45, 2.75) is 19.0 Å². The Hall–Kier alpha value is -1.18. The van der Waals surface area contributed by atoms with Crippen molar-refractivity contribution in [2.24, 2.45) is 0 Å². The number of hydrogen-bond donors (Lipinski definition) is 2. The predicted molar refractivity (Wildman–Crippen MR) is 72.1 cm³/mol. The molecule has 0 unspecified atom stereocenters. The molecule has 2 aromatic rings. The fourth-order valence-corrected chi connectivity index (χ4v) is 2.66. The first-order valence-electron chi connectivity index (χ1n) is 5.47. The maximum absolute atomic E-state index is 12.7. The maximum atomic E-state index is 12.7. The second-order valence-corrected chi connectivity index (χ2v) is 5.25. The average Bonchev–Trinajstić information content (AvgIpc) is 2.81. The van der Waals surface area contributed by atoms with Gasteiger partial charge in [0.05, 0.1) is 20.6 Å². The van der Waals surface area contributed by atoms with Gasteiger partial charge >= 0.3 is 12.1 Å². The summed E-state index contributed by atoms with van der Waals surface area (Å²) in [5.41, 5.74) is -0.174. The van der Waals surface area contributed by atoms with E-state index >= 15 is 0 Å². The Morgan fingerprint density at radius 1 is 1.19 bits per heavy atom. The third-order valence-electron chi connectivity index (χ3n) is 2.71. The van der Waals surface area contributed by atoms with Gasteiger partial charge in [-0.1, -0.05) is 34.8 Å². The Kier molecular flexibility index (Phi) is 4.28. The highest BCUT2D eigenvalue weighted by atomic mass is 35.5. The molecule has 0 saturated heterocycles. The standard InChI is InChI=1S/C11H6Cl3F3N2O2/c12-5-3(1-2-4(20)21)6(13)8-9(7(5)14)19-10(18-8)11(15,16)17/h1-2H2,(H,18,19)(H,20,21). The number of benzene rings is 1. The summed E-state index contributed by atoms with van der Waals surface area (Å²) in [5.74, 6) is -2.35. The summed E-state index contributed by atoms with van der Waals surface area (Å²) in [6, 6.07) is 0. The second kappa shape index (κ2) is 5.55. The van der Waals surface area contributed by atoms with Gasteiger partial charge in [0.2, 0.25) is 5.82 Å². The first kappa shape index (κ1) is 16.2. The largest absolute Gasteiger partial charge is 0.481 e. The molecule has 4 nitrogen and oxygen atoms in total. The molecule has 0 aliphatic heterocycles. The SMILES string of the molecule is O=C(O)CCc1c(Cl)c(Cl)c2nc(C(F)(F)F)[nH]c2c1Cl. The molecule has 0 aliphatic rings. The van der Waals surface area contributed by atoms with Crippen molar-refractivity contribution >= 4 is 51.8 Å². The average molecular weight is 362 g/mol. The van der Waals surface area contributed by atoms with E-state index in [-0.39, 0.29) is 44.5 Å². The molecule has 0 aliphatic carbocycles. The van der Waals surface area contributed by atoms with Crippen molar-refractivity contribution in [3.8, 4) is 0 Å². The quantitative estimate of drug-likeness (QED) is 0.788. The number of imidazole rings is 1. The van der Waals surface area contributed by atoms with Crippen molar-refractivity contribution in [3.05, 3.63) is 26.5 Å². The molecule has 0 spiro atoms. The third kappa shape index (κ3) is 3.04. The van der Waals surface area contributed by atoms with Crippen LogP contribution in [0.25, 0.3) is 11.0 Å². The van der Waals surface area contributed by atoms with Gasteiger partial charge in [0.1, 0.15) is 5.52 Å². The van der Waals surface area contributed by atoms with Crippen LogP contribution in [0.4, 0.5) is 13.2 Å². The van der Waals surface area contributed by atoms with Crippen LogP contribution in [-0.4, -0.2) is 21.0 Å². The molecule has 0 atom stereocenters. The smallest absolute Gasteiger partial charge is 0.449 e. The summed E-state index contributed by atoms with van der Waals surface area (Å²) < 4.78 is 38.0. The van der Waals surface area contributed by atoms with Crippen LogP contribution in [0.15, 0.2) is 0 Å². The number of alkyl halides is 3. The van der Waals surface area contributed by atoms with Gasteiger partial charge in [-0.25, -0.2) is 4.98 Å². The molecule has 10 heteroatoms. The zero-order valence-electron chi connectivity index (χ0n) is 9.98. The highest BCUT2D eigenvalue weighted by Crippen LogP contribution is 2.41. The molecule has 21 heavy (non-hydrogen) atoms. The van der Waals surface area contributed by atoms with E-state index in [1.807, 2.05) is 4.98 Å². The molecular formula is C11H6Cl3F3N2O2. The molecular weight excluding hydrogens is 355 g/mol. The van der Waals surface area contributed by atoms with E-state index in [1.165, 1.54) is 0 Å². The van der Waals surface area contributed by atoms with Crippen LogP contribution in [0.5, 0.6) is 0 Å². The summed E-state index contributed by atoms with van der Waals surface area (Å²) in [4.78, 5) is 16.0. The fraction of sp³-hybridized carbons (Fsp3) is 0.273. The number of nitrogens with zero attached hydrogens (tertiary/aromatic N) is 1. The number of carboxylic acids is 1. The first-order valence-corrected chi connectivity index (χ1v) is 6.60. The van der Waals surface area contributed by atoms with Crippen molar-refractivity contribution in [3.63, 3.8) is 0 Å². The minimum Gasteiger partial charge on any atom is -0.481 e. The molecule has 1 aromatic carbocycles. The predicted octanol–water partition coefficient (Wildman–Crippen LogP) is 4.56. The molecule has 0 radical (unpaired) electrons. The van der Waals surface area contributed by atoms with E-state index in [9.17, 15) is 18.0 Å². The summed E-state index contributed by atoms with van der Waals surface area (Å²) in [5, 5.41) is 8.23. The monoisotopic (exact) mass is 360 g/mol. The lowest BCUT2D eigenvalue weighted by Gasteiger charge is -2.08. The first-order chi connectivity index (χ1) is 9.62. The number of hydrogen-bond acceptors (Lipinski definition) is 2. The number of nitrogens with one attached hydrogen (secondary N) is 1. The van der Waals surface area contributed by atoms with Gasteiger partial charge in [0, 0.05) is 6.42 Å². The number of aromatic amines is 1. The maximum Gasteiger partial charge on any atom is 0.449 e. The molecule has 0 saturated carbocycles. The van der Waals surface area contributed by atoms with Gasteiger partial charge in [-0.3, -0.25) is 4.79 Å². The highest BCUT2D eigenvalue weighted by Gasteiger charge is 2.36. The Morgan fingerprint density at radius 2 is 1.81 bits per heavy atom.